The van der Waals surface area contributed by atoms with E-state index in [-0.39, 0.29) is 16.9 Å². The van der Waals surface area contributed by atoms with E-state index in [0.717, 1.165) is 0 Å². The molecule has 4 amide bonds. The van der Waals surface area contributed by atoms with Gasteiger partial charge in [0.15, 0.2) is 0 Å². The molecule has 0 atom stereocenters. The van der Waals surface area contributed by atoms with Gasteiger partial charge in [-0.15, -0.1) is 0 Å². The van der Waals surface area contributed by atoms with Gasteiger partial charge >= 0.3 is 18.0 Å². The van der Waals surface area contributed by atoms with Crippen molar-refractivity contribution in [2.45, 2.75) is 6.92 Å². The van der Waals surface area contributed by atoms with E-state index in [1.54, 1.807) is 6.92 Å². The van der Waals surface area contributed by atoms with Gasteiger partial charge in [0.25, 0.3) is 0 Å². The third-order valence-electron chi connectivity index (χ3n) is 2.68. The fourth-order valence-electron chi connectivity index (χ4n) is 1.72. The number of carbonyl (C=O) groups excluding carboxylic acids is 3. The standard InChI is InChI=1S/C11H16N6O4/c1-5-3-6(9(18)21-2)4-7(16(14)10(12)19)8(5)17(15)11(13)20/h3-4H,14-15H2,1-2H3,(H2,12,19)(H2,13,20). The van der Waals surface area contributed by atoms with Crippen molar-refractivity contribution >= 4 is 29.4 Å². The lowest BCUT2D eigenvalue weighted by molar-refractivity contribution is 0.0600. The molecule has 0 aliphatic heterocycles. The normalized spacial score (nSPS) is 9.90. The first kappa shape index (κ1) is 16.2. The van der Waals surface area contributed by atoms with E-state index < -0.39 is 18.0 Å². The average Bonchev–Trinajstić information content (AvgIpc) is 2.43. The highest BCUT2D eigenvalue weighted by Crippen LogP contribution is 2.32. The predicted octanol–water partition coefficient (Wildman–Crippen LogP) is -0.701. The number of nitrogens with zero attached hydrogens (tertiary/aromatic N) is 2. The summed E-state index contributed by atoms with van der Waals surface area (Å²) in [6.45, 7) is 1.54. The number of esters is 1. The molecule has 0 aromatic heterocycles. The van der Waals surface area contributed by atoms with Crippen molar-refractivity contribution < 1.29 is 19.1 Å². The van der Waals surface area contributed by atoms with Crippen LogP contribution in [-0.4, -0.2) is 25.1 Å². The number of hydrogen-bond donors (Lipinski definition) is 4. The quantitative estimate of drug-likeness (QED) is 0.248. The SMILES string of the molecule is COC(=O)c1cc(C)c(N(N)C(N)=O)c(N(N)C(N)=O)c1. The highest BCUT2D eigenvalue weighted by Gasteiger charge is 2.23. The van der Waals surface area contributed by atoms with Gasteiger partial charge in [-0.3, -0.25) is 0 Å². The lowest BCUT2D eigenvalue weighted by atomic mass is 10.1. The topological polar surface area (TPSA) is 171 Å². The van der Waals surface area contributed by atoms with E-state index in [4.69, 9.17) is 23.2 Å². The second-order valence-corrected chi connectivity index (χ2v) is 4.07. The Morgan fingerprint density at radius 1 is 1.05 bits per heavy atom. The van der Waals surface area contributed by atoms with Crippen LogP contribution < -0.4 is 33.2 Å². The Balaban J connectivity index is 3.59. The highest BCUT2D eigenvalue weighted by molar-refractivity contribution is 6.02. The number of rotatable bonds is 3. The van der Waals surface area contributed by atoms with Gasteiger partial charge in [-0.2, -0.15) is 0 Å². The summed E-state index contributed by atoms with van der Waals surface area (Å²) in [5.41, 5.74) is 10.6. The summed E-state index contributed by atoms with van der Waals surface area (Å²) < 4.78 is 4.58. The second kappa shape index (κ2) is 6.07. The molecule has 114 valence electrons. The van der Waals surface area contributed by atoms with Gasteiger partial charge in [0.2, 0.25) is 0 Å². The van der Waals surface area contributed by atoms with Crippen LogP contribution >= 0.6 is 0 Å². The molecule has 0 radical (unpaired) electrons. The van der Waals surface area contributed by atoms with Crippen molar-refractivity contribution in [3.05, 3.63) is 23.3 Å². The van der Waals surface area contributed by atoms with E-state index in [0.29, 0.717) is 15.6 Å². The minimum absolute atomic E-state index is 0.0384. The molecule has 0 fully saturated rings. The van der Waals surface area contributed by atoms with Crippen LogP contribution in [0.15, 0.2) is 12.1 Å². The number of anilines is 2. The zero-order valence-corrected chi connectivity index (χ0v) is 11.5. The number of hydrogen-bond acceptors (Lipinski definition) is 6. The Bertz CT molecular complexity index is 603. The van der Waals surface area contributed by atoms with Crippen LogP contribution in [0.3, 0.4) is 0 Å². The molecule has 1 rings (SSSR count). The van der Waals surface area contributed by atoms with Gasteiger partial charge in [0, 0.05) is 0 Å². The fourth-order valence-corrected chi connectivity index (χ4v) is 1.72. The van der Waals surface area contributed by atoms with Crippen LogP contribution in [0.25, 0.3) is 0 Å². The fraction of sp³-hybridized carbons (Fsp3) is 0.182. The lowest BCUT2D eigenvalue weighted by Gasteiger charge is -2.25. The van der Waals surface area contributed by atoms with Crippen molar-refractivity contribution in [3.63, 3.8) is 0 Å². The van der Waals surface area contributed by atoms with Gasteiger partial charge in [0.05, 0.1) is 24.0 Å². The Kier molecular flexibility index (Phi) is 4.68. The summed E-state index contributed by atoms with van der Waals surface area (Å²) in [5.74, 6) is 10.4. The number of ether oxygens (including phenoxy) is 1. The number of primary amides is 2. The molecule has 0 unspecified atom stereocenters. The summed E-state index contributed by atoms with van der Waals surface area (Å²) in [6, 6.07) is 0.614. The van der Waals surface area contributed by atoms with Crippen molar-refractivity contribution in [2.75, 3.05) is 17.1 Å². The van der Waals surface area contributed by atoms with Crippen molar-refractivity contribution in [3.8, 4) is 0 Å². The van der Waals surface area contributed by atoms with Crippen molar-refractivity contribution in [1.29, 1.82) is 0 Å². The van der Waals surface area contributed by atoms with Crippen molar-refractivity contribution in [1.82, 2.24) is 0 Å². The number of amides is 4. The van der Waals surface area contributed by atoms with Gasteiger partial charge in [-0.05, 0) is 24.6 Å². The first-order valence-electron chi connectivity index (χ1n) is 5.62. The summed E-state index contributed by atoms with van der Waals surface area (Å²) >= 11 is 0. The first-order valence-corrected chi connectivity index (χ1v) is 5.62. The lowest BCUT2D eigenvalue weighted by Crippen LogP contribution is -2.46. The summed E-state index contributed by atoms with van der Waals surface area (Å²) in [6.07, 6.45) is 0. The van der Waals surface area contributed by atoms with Crippen LogP contribution in [0.1, 0.15) is 15.9 Å². The van der Waals surface area contributed by atoms with E-state index in [9.17, 15) is 14.4 Å². The molecule has 0 saturated carbocycles. The summed E-state index contributed by atoms with van der Waals surface area (Å²) in [4.78, 5) is 34.1. The number of nitrogens with two attached hydrogens (primary N) is 4. The monoisotopic (exact) mass is 296 g/mol. The molecule has 1 aromatic carbocycles. The van der Waals surface area contributed by atoms with Gasteiger partial charge < -0.3 is 16.2 Å². The third-order valence-corrected chi connectivity index (χ3v) is 2.68. The van der Waals surface area contributed by atoms with Crippen LogP contribution in [0.2, 0.25) is 0 Å². The van der Waals surface area contributed by atoms with Gasteiger partial charge in [-0.1, -0.05) is 0 Å². The molecule has 10 heteroatoms. The predicted molar refractivity (Wildman–Crippen MR) is 75.0 cm³/mol. The summed E-state index contributed by atoms with van der Waals surface area (Å²) in [5, 5.41) is 1.13. The number of urea groups is 2. The Labute approximate surface area is 120 Å². The molecule has 1 aromatic rings. The molecule has 0 aliphatic rings. The summed E-state index contributed by atoms with van der Waals surface area (Å²) in [7, 11) is 1.19. The maximum Gasteiger partial charge on any atom is 0.337 e. The smallest absolute Gasteiger partial charge is 0.337 e. The Morgan fingerprint density at radius 2 is 1.57 bits per heavy atom. The van der Waals surface area contributed by atoms with Gasteiger partial charge in [-0.25, -0.2) is 36.1 Å². The largest absolute Gasteiger partial charge is 0.465 e. The Morgan fingerprint density at radius 3 is 2.00 bits per heavy atom. The van der Waals surface area contributed by atoms with Gasteiger partial charge in [0.1, 0.15) is 0 Å². The third kappa shape index (κ3) is 3.19. The molecule has 21 heavy (non-hydrogen) atoms. The average molecular weight is 296 g/mol. The van der Waals surface area contributed by atoms with E-state index in [1.165, 1.54) is 19.2 Å². The zero-order valence-electron chi connectivity index (χ0n) is 11.5. The maximum atomic E-state index is 11.6. The number of hydrazine groups is 2. The minimum atomic E-state index is -1.02. The number of aryl methyl sites for hydroxylation is 1. The van der Waals surface area contributed by atoms with Crippen molar-refractivity contribution in [2.24, 2.45) is 23.2 Å². The van der Waals surface area contributed by atoms with E-state index in [2.05, 4.69) is 4.74 Å². The minimum Gasteiger partial charge on any atom is -0.465 e. The molecule has 10 nitrogen and oxygen atoms in total. The van der Waals surface area contributed by atoms with Crippen LogP contribution in [0.5, 0.6) is 0 Å². The maximum absolute atomic E-state index is 11.6. The van der Waals surface area contributed by atoms with Crippen LogP contribution in [0, 0.1) is 6.92 Å². The zero-order chi connectivity index (χ0) is 16.3. The van der Waals surface area contributed by atoms with Crippen LogP contribution in [0.4, 0.5) is 21.0 Å². The molecule has 0 bridgehead atoms. The first-order chi connectivity index (χ1) is 9.70. The molecule has 0 saturated heterocycles. The number of carbonyl (C=O) groups is 3. The van der Waals surface area contributed by atoms with E-state index in [1.807, 2.05) is 0 Å². The molecular weight excluding hydrogens is 280 g/mol. The molecule has 0 heterocycles. The molecular formula is C11H16N6O4. The molecule has 0 spiro atoms. The van der Waals surface area contributed by atoms with Crippen LogP contribution in [-0.2, 0) is 4.74 Å². The second-order valence-electron chi connectivity index (χ2n) is 4.07. The molecule has 0 aliphatic carbocycles. The Hall–Kier alpha value is -2.85. The molecule has 8 N–H and O–H groups in total. The van der Waals surface area contributed by atoms with E-state index >= 15 is 0 Å². The number of methoxy groups -OCH3 is 1. The number of benzene rings is 1. The highest BCUT2D eigenvalue weighted by atomic mass is 16.5.